The highest BCUT2D eigenvalue weighted by Crippen LogP contribution is 2.23. The molecule has 0 aromatic heterocycles. The van der Waals surface area contributed by atoms with Crippen molar-refractivity contribution in [2.24, 2.45) is 0 Å². The van der Waals surface area contributed by atoms with E-state index in [4.69, 9.17) is 15.9 Å². The largest absolute Gasteiger partial charge is 0.397 e. The minimum absolute atomic E-state index is 0.0490. The molecule has 4 heteroatoms. The fraction of sp³-hybridized carbons (Fsp3) is 0.455. The molecule has 0 aliphatic heterocycles. The summed E-state index contributed by atoms with van der Waals surface area (Å²) in [6, 6.07) is 5.74. The van der Waals surface area contributed by atoms with E-state index in [-0.39, 0.29) is 13.2 Å². The van der Waals surface area contributed by atoms with Crippen LogP contribution < -0.4 is 10.6 Å². The standard InChI is InChI=1S/C11H18N2O2/c1-9-2-3-10(12)11(8-9)13(4-6-14)5-7-15/h2-3,8,14-15H,4-7,12H2,1H3. The molecule has 0 atom stereocenters. The highest BCUT2D eigenvalue weighted by Gasteiger charge is 2.08. The molecule has 1 aromatic carbocycles. The summed E-state index contributed by atoms with van der Waals surface area (Å²) in [7, 11) is 0. The first-order valence-electron chi connectivity index (χ1n) is 5.02. The molecule has 84 valence electrons. The first-order valence-corrected chi connectivity index (χ1v) is 5.02. The summed E-state index contributed by atoms with van der Waals surface area (Å²) in [5.74, 6) is 0. The van der Waals surface area contributed by atoms with Crippen molar-refractivity contribution < 1.29 is 10.2 Å². The van der Waals surface area contributed by atoms with Gasteiger partial charge in [-0.05, 0) is 24.6 Å². The Morgan fingerprint density at radius 3 is 2.33 bits per heavy atom. The topological polar surface area (TPSA) is 69.7 Å². The molecular formula is C11H18N2O2. The predicted molar refractivity (Wildman–Crippen MR) is 62.0 cm³/mol. The molecule has 0 fully saturated rings. The number of benzene rings is 1. The van der Waals surface area contributed by atoms with Gasteiger partial charge in [0.1, 0.15) is 0 Å². The average molecular weight is 210 g/mol. The van der Waals surface area contributed by atoms with E-state index >= 15 is 0 Å². The van der Waals surface area contributed by atoms with Gasteiger partial charge in [-0.3, -0.25) is 0 Å². The molecule has 0 spiro atoms. The van der Waals surface area contributed by atoms with Gasteiger partial charge in [0.2, 0.25) is 0 Å². The van der Waals surface area contributed by atoms with Crippen LogP contribution in [0.15, 0.2) is 18.2 Å². The maximum absolute atomic E-state index is 8.92. The van der Waals surface area contributed by atoms with Gasteiger partial charge < -0.3 is 20.8 Å². The van der Waals surface area contributed by atoms with Gasteiger partial charge in [0.25, 0.3) is 0 Å². The molecule has 0 saturated heterocycles. The lowest BCUT2D eigenvalue weighted by Gasteiger charge is -2.24. The normalized spacial score (nSPS) is 10.3. The molecule has 0 aliphatic carbocycles. The van der Waals surface area contributed by atoms with Gasteiger partial charge in [0.15, 0.2) is 0 Å². The number of nitrogen functional groups attached to an aromatic ring is 1. The summed E-state index contributed by atoms with van der Waals surface area (Å²) in [5, 5.41) is 17.8. The molecule has 4 nitrogen and oxygen atoms in total. The first kappa shape index (κ1) is 11.8. The zero-order valence-electron chi connectivity index (χ0n) is 8.98. The Bertz CT molecular complexity index is 309. The van der Waals surface area contributed by atoms with E-state index in [1.807, 2.05) is 30.0 Å². The Balaban J connectivity index is 2.93. The summed E-state index contributed by atoms with van der Waals surface area (Å²) >= 11 is 0. The smallest absolute Gasteiger partial charge is 0.0606 e. The van der Waals surface area contributed by atoms with Crippen LogP contribution in [0.2, 0.25) is 0 Å². The molecule has 1 rings (SSSR count). The molecule has 4 N–H and O–H groups in total. The van der Waals surface area contributed by atoms with E-state index in [2.05, 4.69) is 0 Å². The third-order valence-corrected chi connectivity index (χ3v) is 2.27. The summed E-state index contributed by atoms with van der Waals surface area (Å²) in [6.45, 7) is 3.04. The Hall–Kier alpha value is -1.26. The van der Waals surface area contributed by atoms with Crippen molar-refractivity contribution in [2.45, 2.75) is 6.92 Å². The second-order valence-electron chi connectivity index (χ2n) is 3.50. The number of nitrogens with zero attached hydrogens (tertiary/aromatic N) is 1. The Morgan fingerprint density at radius 1 is 1.20 bits per heavy atom. The number of aliphatic hydroxyl groups is 2. The lowest BCUT2D eigenvalue weighted by Crippen LogP contribution is -2.30. The summed E-state index contributed by atoms with van der Waals surface area (Å²) in [6.07, 6.45) is 0. The lowest BCUT2D eigenvalue weighted by atomic mass is 10.1. The Kier molecular flexibility index (Phi) is 4.39. The van der Waals surface area contributed by atoms with Crippen LogP contribution in [0.3, 0.4) is 0 Å². The maximum atomic E-state index is 8.92. The van der Waals surface area contributed by atoms with Crippen LogP contribution in [0.1, 0.15) is 5.56 Å². The fourth-order valence-electron chi connectivity index (χ4n) is 1.52. The van der Waals surface area contributed by atoms with Gasteiger partial charge in [0.05, 0.1) is 24.6 Å². The van der Waals surface area contributed by atoms with Crippen molar-refractivity contribution in [3.8, 4) is 0 Å². The van der Waals surface area contributed by atoms with Crippen molar-refractivity contribution in [3.63, 3.8) is 0 Å². The third kappa shape index (κ3) is 3.11. The number of anilines is 2. The highest BCUT2D eigenvalue weighted by atomic mass is 16.3. The number of nitrogens with two attached hydrogens (primary N) is 1. The molecule has 0 bridgehead atoms. The molecule has 0 saturated carbocycles. The molecule has 0 unspecified atom stereocenters. The Morgan fingerprint density at radius 2 is 1.80 bits per heavy atom. The van der Waals surface area contributed by atoms with Crippen molar-refractivity contribution in [1.82, 2.24) is 0 Å². The minimum atomic E-state index is 0.0490. The van der Waals surface area contributed by atoms with E-state index in [1.54, 1.807) is 0 Å². The van der Waals surface area contributed by atoms with Crippen molar-refractivity contribution in [3.05, 3.63) is 23.8 Å². The van der Waals surface area contributed by atoms with E-state index in [9.17, 15) is 0 Å². The molecule has 1 aromatic rings. The van der Waals surface area contributed by atoms with Crippen LogP contribution >= 0.6 is 0 Å². The second kappa shape index (κ2) is 5.58. The maximum Gasteiger partial charge on any atom is 0.0606 e. The van der Waals surface area contributed by atoms with Crippen LogP contribution in [-0.2, 0) is 0 Å². The van der Waals surface area contributed by atoms with Gasteiger partial charge >= 0.3 is 0 Å². The zero-order valence-corrected chi connectivity index (χ0v) is 8.98. The molecule has 0 amide bonds. The van der Waals surface area contributed by atoms with Crippen LogP contribution in [0.25, 0.3) is 0 Å². The van der Waals surface area contributed by atoms with Crippen LogP contribution in [-0.4, -0.2) is 36.5 Å². The summed E-state index contributed by atoms with van der Waals surface area (Å²) < 4.78 is 0. The van der Waals surface area contributed by atoms with Crippen LogP contribution in [0, 0.1) is 6.92 Å². The zero-order chi connectivity index (χ0) is 11.3. The van der Waals surface area contributed by atoms with Gasteiger partial charge in [-0.2, -0.15) is 0 Å². The molecule has 0 heterocycles. The quantitative estimate of drug-likeness (QED) is 0.614. The van der Waals surface area contributed by atoms with Crippen LogP contribution in [0.5, 0.6) is 0 Å². The highest BCUT2D eigenvalue weighted by molar-refractivity contribution is 5.68. The number of rotatable bonds is 5. The first-order chi connectivity index (χ1) is 7.19. The molecule has 0 radical (unpaired) electrons. The number of hydrogen-bond donors (Lipinski definition) is 3. The van der Waals surface area contributed by atoms with Gasteiger partial charge in [-0.15, -0.1) is 0 Å². The summed E-state index contributed by atoms with van der Waals surface area (Å²) in [5.41, 5.74) is 8.50. The van der Waals surface area contributed by atoms with E-state index in [1.165, 1.54) is 0 Å². The van der Waals surface area contributed by atoms with Gasteiger partial charge in [0, 0.05) is 13.1 Å². The number of hydrogen-bond acceptors (Lipinski definition) is 4. The number of aliphatic hydroxyl groups excluding tert-OH is 2. The fourth-order valence-corrected chi connectivity index (χ4v) is 1.52. The van der Waals surface area contributed by atoms with E-state index < -0.39 is 0 Å². The monoisotopic (exact) mass is 210 g/mol. The van der Waals surface area contributed by atoms with E-state index in [0.717, 1.165) is 11.3 Å². The van der Waals surface area contributed by atoms with Crippen LogP contribution in [0.4, 0.5) is 11.4 Å². The lowest BCUT2D eigenvalue weighted by molar-refractivity contribution is 0.281. The minimum Gasteiger partial charge on any atom is -0.397 e. The molecule has 15 heavy (non-hydrogen) atoms. The Labute approximate surface area is 89.9 Å². The average Bonchev–Trinajstić information content (AvgIpc) is 2.21. The summed E-state index contributed by atoms with van der Waals surface area (Å²) in [4.78, 5) is 1.88. The van der Waals surface area contributed by atoms with Crippen molar-refractivity contribution in [2.75, 3.05) is 36.9 Å². The van der Waals surface area contributed by atoms with E-state index in [0.29, 0.717) is 18.8 Å². The SMILES string of the molecule is Cc1ccc(N)c(N(CCO)CCO)c1. The van der Waals surface area contributed by atoms with Crippen molar-refractivity contribution in [1.29, 1.82) is 0 Å². The van der Waals surface area contributed by atoms with Gasteiger partial charge in [-0.25, -0.2) is 0 Å². The molecular weight excluding hydrogens is 192 g/mol. The second-order valence-corrected chi connectivity index (χ2v) is 3.50. The van der Waals surface area contributed by atoms with Gasteiger partial charge in [-0.1, -0.05) is 6.07 Å². The molecule has 0 aliphatic rings. The number of aryl methyl sites for hydroxylation is 1. The van der Waals surface area contributed by atoms with Crippen molar-refractivity contribution >= 4 is 11.4 Å². The third-order valence-electron chi connectivity index (χ3n) is 2.27. The predicted octanol–water partition coefficient (Wildman–Crippen LogP) is 0.368.